The Morgan fingerprint density at radius 1 is 1.14 bits per heavy atom. The molecular formula is C15H17N3O3S. The standard InChI is InChI=1S/C15H17N3O3S/c1-21-13-5-7-14(8-6-13)22(19,20)18-12-4-9-15(16-10-12)17-11-2-3-11/h4-11,18H,2-3H2,1H3,(H,16,17). The topological polar surface area (TPSA) is 80.3 Å². The molecule has 1 fully saturated rings. The Balaban J connectivity index is 1.72. The lowest BCUT2D eigenvalue weighted by atomic mass is 10.3. The van der Waals surface area contributed by atoms with E-state index in [9.17, 15) is 8.42 Å². The van der Waals surface area contributed by atoms with Gasteiger partial charge in [0.2, 0.25) is 0 Å². The van der Waals surface area contributed by atoms with Crippen molar-refractivity contribution in [2.75, 3.05) is 17.1 Å². The van der Waals surface area contributed by atoms with Gasteiger partial charge in [-0.15, -0.1) is 0 Å². The van der Waals surface area contributed by atoms with Gasteiger partial charge in [0.25, 0.3) is 10.0 Å². The summed E-state index contributed by atoms with van der Waals surface area (Å²) in [5.74, 6) is 1.37. The molecule has 0 amide bonds. The van der Waals surface area contributed by atoms with Crippen molar-refractivity contribution < 1.29 is 13.2 Å². The maximum Gasteiger partial charge on any atom is 0.261 e. The quantitative estimate of drug-likeness (QED) is 0.855. The van der Waals surface area contributed by atoms with Crippen LogP contribution >= 0.6 is 0 Å². The summed E-state index contributed by atoms with van der Waals surface area (Å²) in [6.45, 7) is 0. The Bertz CT molecular complexity index is 739. The largest absolute Gasteiger partial charge is 0.497 e. The van der Waals surface area contributed by atoms with Crippen LogP contribution in [0.4, 0.5) is 11.5 Å². The number of rotatable bonds is 6. The number of nitrogens with zero attached hydrogens (tertiary/aromatic N) is 1. The third-order valence-electron chi connectivity index (χ3n) is 3.31. The Morgan fingerprint density at radius 2 is 1.86 bits per heavy atom. The van der Waals surface area contributed by atoms with E-state index in [-0.39, 0.29) is 4.90 Å². The summed E-state index contributed by atoms with van der Waals surface area (Å²) in [6.07, 6.45) is 3.83. The number of anilines is 2. The number of hydrogen-bond acceptors (Lipinski definition) is 5. The molecule has 0 saturated heterocycles. The number of benzene rings is 1. The molecule has 22 heavy (non-hydrogen) atoms. The van der Waals surface area contributed by atoms with Crippen molar-refractivity contribution in [3.63, 3.8) is 0 Å². The Morgan fingerprint density at radius 3 is 2.41 bits per heavy atom. The first-order chi connectivity index (χ1) is 10.6. The van der Waals surface area contributed by atoms with Crippen molar-refractivity contribution in [2.45, 2.75) is 23.8 Å². The number of aromatic nitrogens is 1. The first kappa shape index (κ1) is 14.6. The van der Waals surface area contributed by atoms with Gasteiger partial charge in [-0.05, 0) is 49.2 Å². The second kappa shape index (κ2) is 5.84. The zero-order chi connectivity index (χ0) is 15.6. The van der Waals surface area contributed by atoms with E-state index < -0.39 is 10.0 Å². The summed E-state index contributed by atoms with van der Waals surface area (Å²) in [5, 5.41) is 3.25. The zero-order valence-electron chi connectivity index (χ0n) is 12.1. The normalized spacial score (nSPS) is 14.4. The van der Waals surface area contributed by atoms with Gasteiger partial charge in [-0.3, -0.25) is 4.72 Å². The fourth-order valence-corrected chi connectivity index (χ4v) is 2.99. The molecule has 1 heterocycles. The Kier molecular flexibility index (Phi) is 3.89. The first-order valence-electron chi connectivity index (χ1n) is 6.96. The molecule has 2 N–H and O–H groups in total. The van der Waals surface area contributed by atoms with Crippen molar-refractivity contribution in [3.8, 4) is 5.75 Å². The minimum absolute atomic E-state index is 0.175. The van der Waals surface area contributed by atoms with Gasteiger partial charge in [-0.2, -0.15) is 0 Å². The molecule has 0 radical (unpaired) electrons. The number of ether oxygens (including phenoxy) is 1. The van der Waals surface area contributed by atoms with Crippen molar-refractivity contribution in [2.24, 2.45) is 0 Å². The number of hydrogen-bond donors (Lipinski definition) is 2. The van der Waals surface area contributed by atoms with Crippen LogP contribution in [0.5, 0.6) is 5.75 Å². The second-order valence-electron chi connectivity index (χ2n) is 5.13. The fourth-order valence-electron chi connectivity index (χ4n) is 1.95. The number of nitrogens with one attached hydrogen (secondary N) is 2. The number of methoxy groups -OCH3 is 1. The van der Waals surface area contributed by atoms with Gasteiger partial charge in [0, 0.05) is 6.04 Å². The molecule has 2 aromatic rings. The molecular weight excluding hydrogens is 302 g/mol. The third-order valence-corrected chi connectivity index (χ3v) is 4.71. The molecule has 1 aromatic carbocycles. The molecule has 6 nitrogen and oxygen atoms in total. The molecule has 7 heteroatoms. The van der Waals surface area contributed by atoms with E-state index in [0.717, 1.165) is 18.7 Å². The van der Waals surface area contributed by atoms with Crippen LogP contribution in [0, 0.1) is 0 Å². The van der Waals surface area contributed by atoms with Crippen LogP contribution in [0.3, 0.4) is 0 Å². The van der Waals surface area contributed by atoms with Crippen molar-refractivity contribution >= 4 is 21.5 Å². The lowest BCUT2D eigenvalue weighted by Gasteiger charge is -2.09. The monoisotopic (exact) mass is 319 g/mol. The molecule has 0 spiro atoms. The van der Waals surface area contributed by atoms with Crippen LogP contribution in [0.2, 0.25) is 0 Å². The predicted octanol–water partition coefficient (Wildman–Crippen LogP) is 2.47. The smallest absolute Gasteiger partial charge is 0.261 e. The predicted molar refractivity (Wildman–Crippen MR) is 84.7 cm³/mol. The van der Waals surface area contributed by atoms with Crippen molar-refractivity contribution in [1.82, 2.24) is 4.98 Å². The molecule has 0 atom stereocenters. The molecule has 1 saturated carbocycles. The van der Waals surface area contributed by atoms with Crippen LogP contribution in [-0.2, 0) is 10.0 Å². The van der Waals surface area contributed by atoms with E-state index >= 15 is 0 Å². The van der Waals surface area contributed by atoms with Crippen LogP contribution < -0.4 is 14.8 Å². The molecule has 116 valence electrons. The summed E-state index contributed by atoms with van der Waals surface area (Å²) < 4.78 is 32.1. The maximum absolute atomic E-state index is 12.3. The van der Waals surface area contributed by atoms with Crippen LogP contribution in [0.15, 0.2) is 47.5 Å². The highest BCUT2D eigenvalue weighted by atomic mass is 32.2. The van der Waals surface area contributed by atoms with Gasteiger partial charge in [-0.25, -0.2) is 13.4 Å². The Hall–Kier alpha value is -2.28. The molecule has 0 bridgehead atoms. The highest BCUT2D eigenvalue weighted by Crippen LogP contribution is 2.24. The lowest BCUT2D eigenvalue weighted by Crippen LogP contribution is -2.13. The minimum atomic E-state index is -3.63. The SMILES string of the molecule is COc1ccc(S(=O)(=O)Nc2ccc(NC3CC3)nc2)cc1. The molecule has 1 aliphatic rings. The fraction of sp³-hybridized carbons (Fsp3) is 0.267. The molecule has 1 aromatic heterocycles. The summed E-state index contributed by atoms with van der Waals surface area (Å²) in [5.41, 5.74) is 0.428. The first-order valence-corrected chi connectivity index (χ1v) is 8.44. The average Bonchev–Trinajstić information content (AvgIpc) is 3.33. The summed E-state index contributed by atoms with van der Waals surface area (Å²) in [7, 11) is -2.10. The van der Waals surface area contributed by atoms with Crippen LogP contribution in [0.25, 0.3) is 0 Å². The summed E-state index contributed by atoms with van der Waals surface area (Å²) in [6, 6.07) is 10.2. The zero-order valence-corrected chi connectivity index (χ0v) is 12.9. The van der Waals surface area contributed by atoms with E-state index in [1.165, 1.54) is 25.4 Å². The number of sulfonamides is 1. The van der Waals surface area contributed by atoms with Gasteiger partial charge in [0.05, 0.1) is 23.9 Å². The molecule has 0 unspecified atom stereocenters. The highest BCUT2D eigenvalue weighted by Gasteiger charge is 2.21. The maximum atomic E-state index is 12.3. The second-order valence-corrected chi connectivity index (χ2v) is 6.81. The minimum Gasteiger partial charge on any atom is -0.497 e. The van der Waals surface area contributed by atoms with Gasteiger partial charge in [0.15, 0.2) is 0 Å². The van der Waals surface area contributed by atoms with Gasteiger partial charge in [0.1, 0.15) is 11.6 Å². The molecule has 1 aliphatic carbocycles. The van der Waals surface area contributed by atoms with Gasteiger partial charge < -0.3 is 10.1 Å². The van der Waals surface area contributed by atoms with E-state index in [1.54, 1.807) is 24.3 Å². The van der Waals surface area contributed by atoms with E-state index in [1.807, 2.05) is 0 Å². The van der Waals surface area contributed by atoms with E-state index in [4.69, 9.17) is 4.74 Å². The van der Waals surface area contributed by atoms with Gasteiger partial charge >= 0.3 is 0 Å². The summed E-state index contributed by atoms with van der Waals surface area (Å²) >= 11 is 0. The van der Waals surface area contributed by atoms with Crippen LogP contribution in [0.1, 0.15) is 12.8 Å². The van der Waals surface area contributed by atoms with Crippen molar-refractivity contribution in [3.05, 3.63) is 42.6 Å². The molecule has 0 aliphatic heterocycles. The Labute approximate surface area is 129 Å². The summed E-state index contributed by atoms with van der Waals surface area (Å²) in [4.78, 5) is 4.38. The van der Waals surface area contributed by atoms with Crippen LogP contribution in [-0.4, -0.2) is 26.6 Å². The van der Waals surface area contributed by atoms with E-state index in [0.29, 0.717) is 17.5 Å². The lowest BCUT2D eigenvalue weighted by molar-refractivity contribution is 0.414. The molecule has 3 rings (SSSR count). The van der Waals surface area contributed by atoms with E-state index in [2.05, 4.69) is 15.0 Å². The highest BCUT2D eigenvalue weighted by molar-refractivity contribution is 7.92. The third kappa shape index (κ3) is 3.48. The average molecular weight is 319 g/mol. The number of pyridine rings is 1. The van der Waals surface area contributed by atoms with Gasteiger partial charge in [-0.1, -0.05) is 0 Å². The van der Waals surface area contributed by atoms with Crippen molar-refractivity contribution in [1.29, 1.82) is 0 Å².